The third kappa shape index (κ3) is 1.17. The van der Waals surface area contributed by atoms with Crippen LogP contribution in [0.5, 0.6) is 0 Å². The van der Waals surface area contributed by atoms with Gasteiger partial charge in [0, 0.05) is 6.04 Å². The van der Waals surface area contributed by atoms with Crippen LogP contribution in [-0.2, 0) is 4.74 Å². The normalized spacial score (nSPS) is 42.5. The van der Waals surface area contributed by atoms with Crippen molar-refractivity contribution in [1.82, 2.24) is 0 Å². The summed E-state index contributed by atoms with van der Waals surface area (Å²) >= 11 is 0. The van der Waals surface area contributed by atoms with Crippen molar-refractivity contribution >= 4 is 0 Å². The van der Waals surface area contributed by atoms with Gasteiger partial charge in [-0.1, -0.05) is 20.8 Å². The fourth-order valence-electron chi connectivity index (χ4n) is 2.39. The molecular formula is C10H19NO. The van der Waals surface area contributed by atoms with Crippen molar-refractivity contribution in [3.8, 4) is 0 Å². The Balaban J connectivity index is 1.96. The molecule has 1 heterocycles. The molecule has 2 rings (SSSR count). The summed E-state index contributed by atoms with van der Waals surface area (Å²) in [4.78, 5) is 0. The van der Waals surface area contributed by atoms with Gasteiger partial charge in [-0.2, -0.15) is 0 Å². The van der Waals surface area contributed by atoms with Gasteiger partial charge in [-0.05, 0) is 23.2 Å². The minimum absolute atomic E-state index is 0.259. The third-order valence-corrected chi connectivity index (χ3v) is 3.43. The van der Waals surface area contributed by atoms with Gasteiger partial charge in [-0.15, -0.1) is 0 Å². The number of nitrogens with two attached hydrogens (primary N) is 1. The van der Waals surface area contributed by atoms with Gasteiger partial charge in [-0.25, -0.2) is 0 Å². The molecule has 3 unspecified atom stereocenters. The van der Waals surface area contributed by atoms with E-state index in [-0.39, 0.29) is 5.41 Å². The van der Waals surface area contributed by atoms with Crippen LogP contribution in [0.2, 0.25) is 0 Å². The lowest BCUT2D eigenvalue weighted by atomic mass is 9.83. The second-order valence-electron chi connectivity index (χ2n) is 5.33. The first-order chi connectivity index (χ1) is 5.52. The third-order valence-electron chi connectivity index (χ3n) is 3.43. The van der Waals surface area contributed by atoms with E-state index < -0.39 is 0 Å². The Hall–Kier alpha value is -0.0800. The molecule has 0 aromatic heterocycles. The maximum atomic E-state index is 6.19. The van der Waals surface area contributed by atoms with Crippen LogP contribution in [0.1, 0.15) is 20.8 Å². The summed E-state index contributed by atoms with van der Waals surface area (Å²) in [5.41, 5.74) is 6.45. The number of rotatable bonds is 1. The molecule has 2 heteroatoms. The number of hydrogen-bond donors (Lipinski definition) is 1. The van der Waals surface area contributed by atoms with Crippen molar-refractivity contribution in [2.75, 3.05) is 13.2 Å². The van der Waals surface area contributed by atoms with E-state index in [9.17, 15) is 0 Å². The summed E-state index contributed by atoms with van der Waals surface area (Å²) in [6, 6.07) is 0.358. The van der Waals surface area contributed by atoms with Crippen LogP contribution in [0, 0.1) is 23.2 Å². The zero-order chi connectivity index (χ0) is 8.93. The SMILES string of the molecule is CC(C)(C)C(N)C1C2COCC21. The van der Waals surface area contributed by atoms with E-state index in [1.165, 1.54) is 0 Å². The minimum Gasteiger partial charge on any atom is -0.381 e. The maximum absolute atomic E-state index is 6.19. The van der Waals surface area contributed by atoms with Gasteiger partial charge in [0.25, 0.3) is 0 Å². The Bertz CT molecular complexity index is 175. The molecule has 2 aliphatic rings. The summed E-state index contributed by atoms with van der Waals surface area (Å²) in [6.45, 7) is 8.60. The molecule has 2 N–H and O–H groups in total. The van der Waals surface area contributed by atoms with Crippen molar-refractivity contribution < 1.29 is 4.74 Å². The Kier molecular flexibility index (Phi) is 1.74. The highest BCUT2D eigenvalue weighted by Gasteiger charge is 2.58. The van der Waals surface area contributed by atoms with Crippen LogP contribution in [0.25, 0.3) is 0 Å². The average Bonchev–Trinajstić information content (AvgIpc) is 2.39. The number of hydrogen-bond acceptors (Lipinski definition) is 2. The number of ether oxygens (including phenoxy) is 1. The monoisotopic (exact) mass is 169 g/mol. The second-order valence-corrected chi connectivity index (χ2v) is 5.33. The first kappa shape index (κ1) is 8.52. The second kappa shape index (κ2) is 2.46. The van der Waals surface area contributed by atoms with E-state index in [0.717, 1.165) is 31.0 Å². The van der Waals surface area contributed by atoms with Crippen molar-refractivity contribution in [2.45, 2.75) is 26.8 Å². The van der Waals surface area contributed by atoms with Gasteiger partial charge >= 0.3 is 0 Å². The maximum Gasteiger partial charge on any atom is 0.0501 e. The predicted octanol–water partition coefficient (Wildman–Crippen LogP) is 1.25. The largest absolute Gasteiger partial charge is 0.381 e. The van der Waals surface area contributed by atoms with Gasteiger partial charge in [0.2, 0.25) is 0 Å². The molecule has 70 valence electrons. The molecule has 2 nitrogen and oxygen atoms in total. The van der Waals surface area contributed by atoms with Crippen molar-refractivity contribution in [3.05, 3.63) is 0 Å². The molecule has 0 radical (unpaired) electrons. The molecule has 0 bridgehead atoms. The zero-order valence-electron chi connectivity index (χ0n) is 8.21. The van der Waals surface area contributed by atoms with Gasteiger partial charge in [0.05, 0.1) is 13.2 Å². The first-order valence-corrected chi connectivity index (χ1v) is 4.85. The van der Waals surface area contributed by atoms with E-state index in [1.54, 1.807) is 0 Å². The molecule has 0 aromatic carbocycles. The molecule has 1 aliphatic carbocycles. The lowest BCUT2D eigenvalue weighted by Gasteiger charge is -2.28. The molecular weight excluding hydrogens is 150 g/mol. The quantitative estimate of drug-likeness (QED) is 0.641. The van der Waals surface area contributed by atoms with E-state index in [0.29, 0.717) is 6.04 Å². The van der Waals surface area contributed by atoms with Crippen LogP contribution in [-0.4, -0.2) is 19.3 Å². The Morgan fingerprint density at radius 3 is 2.17 bits per heavy atom. The van der Waals surface area contributed by atoms with Crippen molar-refractivity contribution in [3.63, 3.8) is 0 Å². The summed E-state index contributed by atoms with van der Waals surface area (Å²) in [6.07, 6.45) is 0. The van der Waals surface area contributed by atoms with Gasteiger partial charge < -0.3 is 10.5 Å². The van der Waals surface area contributed by atoms with Crippen molar-refractivity contribution in [1.29, 1.82) is 0 Å². The smallest absolute Gasteiger partial charge is 0.0501 e. The van der Waals surface area contributed by atoms with Gasteiger partial charge in [0.1, 0.15) is 0 Å². The Morgan fingerprint density at radius 1 is 1.25 bits per heavy atom. The van der Waals surface area contributed by atoms with Gasteiger partial charge in [0.15, 0.2) is 0 Å². The van der Waals surface area contributed by atoms with Crippen LogP contribution in [0.3, 0.4) is 0 Å². The molecule has 1 aliphatic heterocycles. The summed E-state index contributed by atoms with van der Waals surface area (Å²) < 4.78 is 5.34. The highest BCUT2D eigenvalue weighted by atomic mass is 16.5. The summed E-state index contributed by atoms with van der Waals surface area (Å²) in [5.74, 6) is 2.33. The lowest BCUT2D eigenvalue weighted by Crippen LogP contribution is -2.38. The Morgan fingerprint density at radius 2 is 1.75 bits per heavy atom. The van der Waals surface area contributed by atoms with Crippen molar-refractivity contribution in [2.24, 2.45) is 28.9 Å². The lowest BCUT2D eigenvalue weighted by molar-refractivity contribution is 0.133. The number of fused-ring (bicyclic) bond motifs is 1. The molecule has 1 saturated carbocycles. The molecule has 0 aromatic rings. The molecule has 0 spiro atoms. The Labute approximate surface area is 74.5 Å². The van der Waals surface area contributed by atoms with E-state index in [1.807, 2.05) is 0 Å². The average molecular weight is 169 g/mol. The van der Waals surface area contributed by atoms with E-state index in [4.69, 9.17) is 10.5 Å². The van der Waals surface area contributed by atoms with Crippen LogP contribution >= 0.6 is 0 Å². The molecule has 12 heavy (non-hydrogen) atoms. The molecule has 1 saturated heterocycles. The first-order valence-electron chi connectivity index (χ1n) is 4.85. The topological polar surface area (TPSA) is 35.2 Å². The van der Waals surface area contributed by atoms with Crippen LogP contribution in [0.4, 0.5) is 0 Å². The van der Waals surface area contributed by atoms with Crippen LogP contribution in [0.15, 0.2) is 0 Å². The molecule has 0 amide bonds. The molecule has 2 fully saturated rings. The standard InChI is InChI=1S/C10H19NO/c1-10(2,3)9(11)8-6-4-12-5-7(6)8/h6-9H,4-5,11H2,1-3H3. The summed E-state index contributed by atoms with van der Waals surface area (Å²) in [7, 11) is 0. The fourth-order valence-corrected chi connectivity index (χ4v) is 2.39. The van der Waals surface area contributed by atoms with E-state index >= 15 is 0 Å². The predicted molar refractivity (Wildman–Crippen MR) is 48.7 cm³/mol. The van der Waals surface area contributed by atoms with E-state index in [2.05, 4.69) is 20.8 Å². The molecule has 3 atom stereocenters. The van der Waals surface area contributed by atoms with Gasteiger partial charge in [-0.3, -0.25) is 0 Å². The zero-order valence-corrected chi connectivity index (χ0v) is 8.21. The minimum atomic E-state index is 0.259. The van der Waals surface area contributed by atoms with Crippen LogP contribution < -0.4 is 5.73 Å². The highest BCUT2D eigenvalue weighted by molar-refractivity contribution is 5.07. The fraction of sp³-hybridized carbons (Fsp3) is 1.00. The highest BCUT2D eigenvalue weighted by Crippen LogP contribution is 2.54. The summed E-state index contributed by atoms with van der Waals surface area (Å²) in [5, 5.41) is 0.